The van der Waals surface area contributed by atoms with E-state index in [2.05, 4.69) is 20.5 Å². The van der Waals surface area contributed by atoms with Crippen molar-refractivity contribution < 1.29 is 8.91 Å². The van der Waals surface area contributed by atoms with Crippen LogP contribution in [0, 0.1) is 5.82 Å². The SMILES string of the molecule is Nc1c(-c2nc(-c3ccc(F)cc3)no2)nnn1-c1ccc(Cl)cc1. The van der Waals surface area contributed by atoms with Gasteiger partial charge in [0.1, 0.15) is 5.82 Å². The van der Waals surface area contributed by atoms with Gasteiger partial charge in [-0.2, -0.15) is 9.67 Å². The van der Waals surface area contributed by atoms with Gasteiger partial charge in [0.25, 0.3) is 5.89 Å². The van der Waals surface area contributed by atoms with Crippen molar-refractivity contribution in [2.24, 2.45) is 0 Å². The van der Waals surface area contributed by atoms with Gasteiger partial charge in [-0.15, -0.1) is 5.10 Å². The molecule has 0 spiro atoms. The molecule has 0 bridgehead atoms. The van der Waals surface area contributed by atoms with Crippen molar-refractivity contribution in [2.45, 2.75) is 0 Å². The molecule has 2 N–H and O–H groups in total. The first-order valence-corrected chi connectivity index (χ1v) is 7.57. The molecule has 4 aromatic rings. The number of anilines is 1. The van der Waals surface area contributed by atoms with Crippen LogP contribution >= 0.6 is 11.6 Å². The number of nitrogens with zero attached hydrogens (tertiary/aromatic N) is 5. The van der Waals surface area contributed by atoms with Crippen molar-refractivity contribution >= 4 is 17.4 Å². The van der Waals surface area contributed by atoms with Crippen LogP contribution in [0.5, 0.6) is 0 Å². The molecule has 7 nitrogen and oxygen atoms in total. The molecule has 0 aliphatic heterocycles. The first-order valence-electron chi connectivity index (χ1n) is 7.19. The molecule has 124 valence electrons. The highest BCUT2D eigenvalue weighted by Crippen LogP contribution is 2.26. The maximum atomic E-state index is 13.0. The van der Waals surface area contributed by atoms with E-state index in [0.29, 0.717) is 22.1 Å². The molecule has 0 saturated carbocycles. The molecular formula is C16H10ClFN6O. The lowest BCUT2D eigenvalue weighted by Gasteiger charge is -2.02. The second-order valence-electron chi connectivity index (χ2n) is 5.14. The van der Waals surface area contributed by atoms with E-state index in [9.17, 15) is 4.39 Å². The molecule has 4 rings (SSSR count). The third-order valence-electron chi connectivity index (χ3n) is 3.51. The Hall–Kier alpha value is -3.26. The predicted octanol–water partition coefficient (Wildman–Crippen LogP) is 3.36. The van der Waals surface area contributed by atoms with Gasteiger partial charge >= 0.3 is 0 Å². The third kappa shape index (κ3) is 2.83. The molecule has 9 heteroatoms. The average molecular weight is 357 g/mol. The topological polar surface area (TPSA) is 95.7 Å². The fraction of sp³-hybridized carbons (Fsp3) is 0. The maximum absolute atomic E-state index is 13.0. The van der Waals surface area contributed by atoms with Gasteiger partial charge < -0.3 is 10.3 Å². The van der Waals surface area contributed by atoms with Crippen LogP contribution < -0.4 is 5.73 Å². The Morgan fingerprint density at radius 1 is 1.04 bits per heavy atom. The van der Waals surface area contributed by atoms with E-state index in [1.165, 1.54) is 16.8 Å². The Bertz CT molecular complexity index is 1030. The minimum atomic E-state index is -0.345. The van der Waals surface area contributed by atoms with Crippen LogP contribution in [0.3, 0.4) is 0 Å². The summed E-state index contributed by atoms with van der Waals surface area (Å²) in [4.78, 5) is 4.25. The number of hydrogen-bond acceptors (Lipinski definition) is 6. The highest BCUT2D eigenvalue weighted by atomic mass is 35.5. The van der Waals surface area contributed by atoms with Crippen molar-refractivity contribution in [1.29, 1.82) is 0 Å². The van der Waals surface area contributed by atoms with Crippen LogP contribution in [0.4, 0.5) is 10.2 Å². The van der Waals surface area contributed by atoms with Gasteiger partial charge in [0.15, 0.2) is 11.5 Å². The molecule has 0 unspecified atom stereocenters. The van der Waals surface area contributed by atoms with Crippen LogP contribution in [-0.4, -0.2) is 25.1 Å². The second-order valence-corrected chi connectivity index (χ2v) is 5.58. The number of aromatic nitrogens is 5. The number of nitrogen functional groups attached to an aromatic ring is 1. The average Bonchev–Trinajstić information content (AvgIpc) is 3.23. The number of rotatable bonds is 3. The Morgan fingerprint density at radius 3 is 2.48 bits per heavy atom. The van der Waals surface area contributed by atoms with Crippen molar-refractivity contribution in [3.8, 4) is 28.7 Å². The zero-order chi connectivity index (χ0) is 17.4. The van der Waals surface area contributed by atoms with Crippen LogP contribution in [0.15, 0.2) is 53.1 Å². The Morgan fingerprint density at radius 2 is 1.76 bits per heavy atom. The molecule has 2 heterocycles. The van der Waals surface area contributed by atoms with Crippen LogP contribution in [0.25, 0.3) is 28.7 Å². The molecule has 0 aliphatic rings. The maximum Gasteiger partial charge on any atom is 0.282 e. The second kappa shape index (κ2) is 5.99. The van der Waals surface area contributed by atoms with Gasteiger partial charge in [-0.3, -0.25) is 0 Å². The number of nitrogens with two attached hydrogens (primary N) is 1. The van der Waals surface area contributed by atoms with Crippen molar-refractivity contribution in [2.75, 3.05) is 5.73 Å². The van der Waals surface area contributed by atoms with Gasteiger partial charge in [-0.1, -0.05) is 22.0 Å². The number of hydrogen-bond donors (Lipinski definition) is 1. The highest BCUT2D eigenvalue weighted by Gasteiger charge is 2.19. The minimum Gasteiger partial charge on any atom is -0.382 e. The zero-order valence-corrected chi connectivity index (χ0v) is 13.4. The van der Waals surface area contributed by atoms with Crippen LogP contribution in [0.2, 0.25) is 5.02 Å². The summed E-state index contributed by atoms with van der Waals surface area (Å²) in [6.45, 7) is 0. The first-order chi connectivity index (χ1) is 12.1. The van der Waals surface area contributed by atoms with E-state index in [-0.39, 0.29) is 23.2 Å². The van der Waals surface area contributed by atoms with Crippen LogP contribution in [0.1, 0.15) is 0 Å². The Kier molecular flexibility index (Phi) is 3.66. The van der Waals surface area contributed by atoms with Gasteiger partial charge in [0.05, 0.1) is 5.69 Å². The summed E-state index contributed by atoms with van der Waals surface area (Å²) in [5.74, 6) is 0.326. The molecule has 0 atom stereocenters. The van der Waals surface area contributed by atoms with Gasteiger partial charge in [0.2, 0.25) is 5.82 Å². The summed E-state index contributed by atoms with van der Waals surface area (Å²) in [5.41, 5.74) is 7.67. The molecule has 2 aromatic carbocycles. The molecule has 0 amide bonds. The van der Waals surface area contributed by atoms with Crippen LogP contribution in [-0.2, 0) is 0 Å². The van der Waals surface area contributed by atoms with Crippen molar-refractivity contribution in [3.05, 3.63) is 59.4 Å². The lowest BCUT2D eigenvalue weighted by molar-refractivity contribution is 0.431. The zero-order valence-electron chi connectivity index (χ0n) is 12.6. The molecular weight excluding hydrogens is 347 g/mol. The molecule has 0 fully saturated rings. The smallest absolute Gasteiger partial charge is 0.282 e. The van der Waals surface area contributed by atoms with E-state index >= 15 is 0 Å². The lowest BCUT2D eigenvalue weighted by atomic mass is 10.2. The first kappa shape index (κ1) is 15.3. The van der Waals surface area contributed by atoms with Crippen molar-refractivity contribution in [3.63, 3.8) is 0 Å². The molecule has 0 saturated heterocycles. The predicted molar refractivity (Wildman–Crippen MR) is 89.5 cm³/mol. The van der Waals surface area contributed by atoms with Gasteiger partial charge in [-0.25, -0.2) is 4.39 Å². The minimum absolute atomic E-state index is 0.122. The third-order valence-corrected chi connectivity index (χ3v) is 3.76. The van der Waals surface area contributed by atoms with E-state index in [1.807, 2.05) is 0 Å². The Balaban J connectivity index is 1.69. The van der Waals surface area contributed by atoms with Gasteiger partial charge in [0, 0.05) is 10.6 Å². The molecule has 25 heavy (non-hydrogen) atoms. The Labute approximate surface area is 145 Å². The van der Waals surface area contributed by atoms with E-state index in [1.54, 1.807) is 36.4 Å². The quantitative estimate of drug-likeness (QED) is 0.604. The summed E-state index contributed by atoms with van der Waals surface area (Å²) < 4.78 is 19.7. The van der Waals surface area contributed by atoms with E-state index in [0.717, 1.165) is 0 Å². The number of benzene rings is 2. The summed E-state index contributed by atoms with van der Waals surface area (Å²) in [6, 6.07) is 12.7. The van der Waals surface area contributed by atoms with Crippen molar-refractivity contribution in [1.82, 2.24) is 25.1 Å². The highest BCUT2D eigenvalue weighted by molar-refractivity contribution is 6.30. The van der Waals surface area contributed by atoms with Gasteiger partial charge in [-0.05, 0) is 48.5 Å². The summed E-state index contributed by atoms with van der Waals surface area (Å²) in [7, 11) is 0. The fourth-order valence-corrected chi connectivity index (χ4v) is 2.38. The molecule has 2 aromatic heterocycles. The molecule has 0 radical (unpaired) electrons. The summed E-state index contributed by atoms with van der Waals surface area (Å²) in [5, 5.41) is 12.5. The normalized spacial score (nSPS) is 11.0. The molecule has 0 aliphatic carbocycles. The largest absolute Gasteiger partial charge is 0.382 e. The van der Waals surface area contributed by atoms with E-state index in [4.69, 9.17) is 21.9 Å². The fourth-order valence-electron chi connectivity index (χ4n) is 2.25. The number of halogens is 2. The van der Waals surface area contributed by atoms with E-state index < -0.39 is 0 Å². The summed E-state index contributed by atoms with van der Waals surface area (Å²) in [6.07, 6.45) is 0. The lowest BCUT2D eigenvalue weighted by Crippen LogP contribution is -2.02. The standard InChI is InChI=1S/C16H10ClFN6O/c17-10-3-7-12(8-4-10)24-14(19)13(21-23-24)16-20-15(22-25-16)9-1-5-11(18)6-2-9/h1-8H,19H2. The summed E-state index contributed by atoms with van der Waals surface area (Å²) >= 11 is 5.88. The monoisotopic (exact) mass is 356 g/mol.